The molecule has 1 aliphatic heterocycles. The quantitative estimate of drug-likeness (QED) is 0.820. The Morgan fingerprint density at radius 2 is 2.30 bits per heavy atom. The normalized spacial score (nSPS) is 20.2. The van der Waals surface area contributed by atoms with Gasteiger partial charge in [0.15, 0.2) is 0 Å². The molecule has 0 saturated carbocycles. The second kappa shape index (κ2) is 6.51. The third-order valence-corrected chi connectivity index (χ3v) is 5.55. The second-order valence-corrected chi connectivity index (χ2v) is 6.80. The molecular weight excluding hydrogens is 278 g/mol. The molecule has 2 rings (SSSR count). The van der Waals surface area contributed by atoms with Crippen LogP contribution in [0.15, 0.2) is 23.2 Å². The highest BCUT2D eigenvalue weighted by Gasteiger charge is 2.34. The minimum atomic E-state index is -3.48. The third-order valence-electron chi connectivity index (χ3n) is 3.62. The van der Waals surface area contributed by atoms with Crippen molar-refractivity contribution in [2.75, 3.05) is 25.5 Å². The number of aliphatic hydroxyl groups excluding tert-OH is 1. The summed E-state index contributed by atoms with van der Waals surface area (Å²) in [6, 6.07) is 3.23. The molecule has 0 spiro atoms. The molecule has 1 aromatic heterocycles. The summed E-state index contributed by atoms with van der Waals surface area (Å²) in [5.74, 6) is 0.641. The van der Waals surface area contributed by atoms with E-state index in [0.29, 0.717) is 25.2 Å². The monoisotopic (exact) mass is 299 g/mol. The first kappa shape index (κ1) is 15.2. The number of pyridine rings is 1. The van der Waals surface area contributed by atoms with Crippen LogP contribution in [-0.4, -0.2) is 49.1 Å². The van der Waals surface area contributed by atoms with E-state index in [-0.39, 0.29) is 17.5 Å². The van der Waals surface area contributed by atoms with E-state index in [9.17, 15) is 8.42 Å². The minimum Gasteiger partial charge on any atom is -0.396 e. The molecule has 112 valence electrons. The number of nitrogens with one attached hydrogen (secondary N) is 1. The Labute approximate surface area is 119 Å². The van der Waals surface area contributed by atoms with Gasteiger partial charge in [-0.25, -0.2) is 13.4 Å². The molecule has 0 amide bonds. The number of aromatic nitrogens is 1. The van der Waals surface area contributed by atoms with Crippen LogP contribution in [0.4, 0.5) is 5.82 Å². The third kappa shape index (κ3) is 3.11. The maximum absolute atomic E-state index is 12.6. The van der Waals surface area contributed by atoms with Crippen LogP contribution in [-0.2, 0) is 10.0 Å². The summed E-state index contributed by atoms with van der Waals surface area (Å²) in [6.45, 7) is 0.648. The first-order valence-corrected chi connectivity index (χ1v) is 8.30. The molecule has 1 unspecified atom stereocenters. The SMILES string of the molecule is CNc1ccc(S(=O)(=O)N2CCCC2CCCO)cn1. The fourth-order valence-corrected chi connectivity index (χ4v) is 4.23. The maximum atomic E-state index is 12.6. The average Bonchev–Trinajstić information content (AvgIpc) is 2.94. The lowest BCUT2D eigenvalue weighted by Crippen LogP contribution is -2.35. The van der Waals surface area contributed by atoms with E-state index < -0.39 is 10.0 Å². The number of aliphatic hydroxyl groups is 1. The van der Waals surface area contributed by atoms with Crippen molar-refractivity contribution in [3.8, 4) is 0 Å². The van der Waals surface area contributed by atoms with Gasteiger partial charge in [0, 0.05) is 32.4 Å². The zero-order valence-electron chi connectivity index (χ0n) is 11.6. The van der Waals surface area contributed by atoms with E-state index in [1.807, 2.05) is 0 Å². The molecular formula is C13H21N3O3S. The largest absolute Gasteiger partial charge is 0.396 e. The van der Waals surface area contributed by atoms with Crippen LogP contribution in [0.25, 0.3) is 0 Å². The van der Waals surface area contributed by atoms with Crippen molar-refractivity contribution < 1.29 is 13.5 Å². The maximum Gasteiger partial charge on any atom is 0.244 e. The molecule has 1 aromatic rings. The van der Waals surface area contributed by atoms with Crippen molar-refractivity contribution in [2.45, 2.75) is 36.6 Å². The van der Waals surface area contributed by atoms with Crippen LogP contribution < -0.4 is 5.32 Å². The zero-order valence-corrected chi connectivity index (χ0v) is 12.4. The topological polar surface area (TPSA) is 82.5 Å². The van der Waals surface area contributed by atoms with E-state index in [4.69, 9.17) is 5.11 Å². The lowest BCUT2D eigenvalue weighted by Gasteiger charge is -2.23. The molecule has 2 N–H and O–H groups in total. The van der Waals surface area contributed by atoms with Crippen molar-refractivity contribution in [1.29, 1.82) is 0 Å². The molecule has 2 heterocycles. The summed E-state index contributed by atoms with van der Waals surface area (Å²) < 4.78 is 26.8. The highest BCUT2D eigenvalue weighted by molar-refractivity contribution is 7.89. The van der Waals surface area contributed by atoms with Gasteiger partial charge in [0.1, 0.15) is 10.7 Å². The zero-order chi connectivity index (χ0) is 14.6. The predicted octanol–water partition coefficient (Wildman–Crippen LogP) is 1.05. The highest BCUT2D eigenvalue weighted by atomic mass is 32.2. The van der Waals surface area contributed by atoms with Gasteiger partial charge in [-0.05, 0) is 37.8 Å². The molecule has 1 fully saturated rings. The van der Waals surface area contributed by atoms with Gasteiger partial charge in [0.25, 0.3) is 0 Å². The summed E-state index contributed by atoms with van der Waals surface area (Å²) in [6.07, 6.45) is 4.46. The van der Waals surface area contributed by atoms with Crippen molar-refractivity contribution in [1.82, 2.24) is 9.29 Å². The van der Waals surface area contributed by atoms with Gasteiger partial charge in [-0.2, -0.15) is 4.31 Å². The summed E-state index contributed by atoms with van der Waals surface area (Å²) in [5.41, 5.74) is 0. The van der Waals surface area contributed by atoms with Crippen molar-refractivity contribution in [3.05, 3.63) is 18.3 Å². The number of hydrogen-bond acceptors (Lipinski definition) is 5. The van der Waals surface area contributed by atoms with Crippen LogP contribution in [0.5, 0.6) is 0 Å². The Morgan fingerprint density at radius 1 is 1.50 bits per heavy atom. The Balaban J connectivity index is 2.19. The molecule has 1 aliphatic rings. The van der Waals surface area contributed by atoms with Crippen LogP contribution in [0.1, 0.15) is 25.7 Å². The molecule has 7 heteroatoms. The Hall–Kier alpha value is -1.18. The Morgan fingerprint density at radius 3 is 2.90 bits per heavy atom. The number of nitrogens with zero attached hydrogens (tertiary/aromatic N) is 2. The van der Waals surface area contributed by atoms with Crippen LogP contribution in [0, 0.1) is 0 Å². The Bertz CT molecular complexity index is 530. The minimum absolute atomic E-state index is 0.00359. The molecule has 0 aromatic carbocycles. The fraction of sp³-hybridized carbons (Fsp3) is 0.615. The molecule has 1 atom stereocenters. The number of anilines is 1. The van der Waals surface area contributed by atoms with Gasteiger partial charge in [-0.15, -0.1) is 0 Å². The van der Waals surface area contributed by atoms with E-state index in [0.717, 1.165) is 12.8 Å². The summed E-state index contributed by atoms with van der Waals surface area (Å²) in [4.78, 5) is 4.29. The van der Waals surface area contributed by atoms with Crippen LogP contribution in [0.2, 0.25) is 0 Å². The summed E-state index contributed by atoms with van der Waals surface area (Å²) >= 11 is 0. The van der Waals surface area contributed by atoms with Gasteiger partial charge in [-0.3, -0.25) is 0 Å². The van der Waals surface area contributed by atoms with Crippen molar-refractivity contribution >= 4 is 15.8 Å². The summed E-state index contributed by atoms with van der Waals surface area (Å²) in [5, 5.41) is 11.8. The van der Waals surface area contributed by atoms with Gasteiger partial charge in [0.2, 0.25) is 10.0 Å². The van der Waals surface area contributed by atoms with Crippen molar-refractivity contribution in [2.24, 2.45) is 0 Å². The molecule has 0 radical (unpaired) electrons. The first-order chi connectivity index (χ1) is 9.59. The van der Waals surface area contributed by atoms with Gasteiger partial charge >= 0.3 is 0 Å². The lowest BCUT2D eigenvalue weighted by molar-refractivity contribution is 0.264. The smallest absolute Gasteiger partial charge is 0.244 e. The van der Waals surface area contributed by atoms with Crippen LogP contribution >= 0.6 is 0 Å². The lowest BCUT2D eigenvalue weighted by atomic mass is 10.1. The molecule has 6 nitrogen and oxygen atoms in total. The second-order valence-electron chi connectivity index (χ2n) is 4.91. The average molecular weight is 299 g/mol. The van der Waals surface area contributed by atoms with E-state index in [2.05, 4.69) is 10.3 Å². The van der Waals surface area contributed by atoms with Gasteiger partial charge in [-0.1, -0.05) is 0 Å². The Kier molecular flexibility index (Phi) is 4.95. The molecule has 0 aliphatic carbocycles. The number of sulfonamides is 1. The van der Waals surface area contributed by atoms with Crippen molar-refractivity contribution in [3.63, 3.8) is 0 Å². The predicted molar refractivity (Wildman–Crippen MR) is 77.0 cm³/mol. The standard InChI is InChI=1S/C13H21N3O3S/c1-14-13-7-6-12(10-15-13)20(18,19)16-8-2-4-11(16)5-3-9-17/h6-7,10-11,17H,2-5,8-9H2,1H3,(H,14,15). The van der Waals surface area contributed by atoms with Gasteiger partial charge < -0.3 is 10.4 Å². The van der Waals surface area contributed by atoms with Crippen LogP contribution in [0.3, 0.4) is 0 Å². The van der Waals surface area contributed by atoms with E-state index in [1.54, 1.807) is 23.5 Å². The first-order valence-electron chi connectivity index (χ1n) is 6.86. The molecule has 20 heavy (non-hydrogen) atoms. The summed E-state index contributed by atoms with van der Waals surface area (Å²) in [7, 11) is -1.74. The van der Waals surface area contributed by atoms with E-state index in [1.165, 1.54) is 6.20 Å². The molecule has 1 saturated heterocycles. The molecule has 0 bridgehead atoms. The highest BCUT2D eigenvalue weighted by Crippen LogP contribution is 2.28. The number of hydrogen-bond donors (Lipinski definition) is 2. The van der Waals surface area contributed by atoms with E-state index >= 15 is 0 Å². The van der Waals surface area contributed by atoms with Gasteiger partial charge in [0.05, 0.1) is 0 Å². The number of rotatable bonds is 6. The fourth-order valence-electron chi connectivity index (χ4n) is 2.56.